The minimum atomic E-state index is -0.608. The van der Waals surface area contributed by atoms with E-state index in [-0.39, 0.29) is 0 Å². The van der Waals surface area contributed by atoms with E-state index in [9.17, 15) is 4.21 Å². The fourth-order valence-corrected chi connectivity index (χ4v) is 3.15. The van der Waals surface area contributed by atoms with Gasteiger partial charge in [0.1, 0.15) is 0 Å². The maximum absolute atomic E-state index is 11.3. The minimum Gasteiger partial charge on any atom is -0.313 e. The molecule has 1 aliphatic carbocycles. The van der Waals surface area contributed by atoms with E-state index in [1.807, 2.05) is 6.92 Å². The smallest absolute Gasteiger partial charge is 0.0360 e. The Morgan fingerprint density at radius 1 is 1.25 bits per heavy atom. The Bertz CT molecular complexity index is 210. The number of rotatable bonds is 6. The van der Waals surface area contributed by atoms with Gasteiger partial charge in [0.15, 0.2) is 0 Å². The molecular formula is C13H27NOS. The third-order valence-electron chi connectivity index (χ3n) is 3.80. The Hall–Kier alpha value is 0.110. The Morgan fingerprint density at radius 2 is 1.88 bits per heavy atom. The summed E-state index contributed by atoms with van der Waals surface area (Å²) in [6.07, 6.45) is 5.35. The quantitative estimate of drug-likeness (QED) is 0.779. The number of nitrogens with one attached hydrogen (secondary N) is 1. The molecule has 1 fully saturated rings. The summed E-state index contributed by atoms with van der Waals surface area (Å²) in [7, 11) is -0.608. The first-order valence-corrected chi connectivity index (χ1v) is 8.20. The van der Waals surface area contributed by atoms with Crippen molar-refractivity contribution >= 4 is 10.8 Å². The van der Waals surface area contributed by atoms with Crippen LogP contribution in [0.25, 0.3) is 0 Å². The van der Waals surface area contributed by atoms with Crippen LogP contribution < -0.4 is 5.32 Å². The van der Waals surface area contributed by atoms with Crippen LogP contribution in [0.1, 0.15) is 46.5 Å². The Kier molecular flexibility index (Phi) is 6.59. The van der Waals surface area contributed by atoms with Gasteiger partial charge in [-0.15, -0.1) is 0 Å². The molecular weight excluding hydrogens is 218 g/mol. The molecule has 1 aliphatic rings. The van der Waals surface area contributed by atoms with Gasteiger partial charge in [0, 0.05) is 34.9 Å². The molecule has 1 atom stereocenters. The van der Waals surface area contributed by atoms with Crippen molar-refractivity contribution in [2.75, 3.05) is 18.1 Å². The lowest BCUT2D eigenvalue weighted by molar-refractivity contribution is 0.241. The molecule has 2 nitrogen and oxygen atoms in total. The SMILES string of the molecule is CCS(=O)CCNC1CCC(C(C)C)CC1. The standard InChI is InChI=1S/C13H27NOS/c1-4-16(15)10-9-14-13-7-5-12(6-8-13)11(2)3/h11-14H,4-10H2,1-3H3. The normalized spacial score (nSPS) is 28.2. The maximum Gasteiger partial charge on any atom is 0.0360 e. The molecule has 0 aromatic heterocycles. The van der Waals surface area contributed by atoms with Gasteiger partial charge in [-0.05, 0) is 37.5 Å². The molecule has 0 aliphatic heterocycles. The number of hydrogen-bond acceptors (Lipinski definition) is 2. The average Bonchev–Trinajstić information content (AvgIpc) is 2.29. The zero-order chi connectivity index (χ0) is 12.0. The molecule has 1 N–H and O–H groups in total. The summed E-state index contributed by atoms with van der Waals surface area (Å²) in [6, 6.07) is 0.684. The van der Waals surface area contributed by atoms with Crippen molar-refractivity contribution < 1.29 is 4.21 Å². The molecule has 16 heavy (non-hydrogen) atoms. The Balaban J connectivity index is 2.10. The second-order valence-corrected chi connectivity index (χ2v) is 7.11. The van der Waals surface area contributed by atoms with Crippen molar-refractivity contribution in [3.8, 4) is 0 Å². The third kappa shape index (κ3) is 4.96. The fourth-order valence-electron chi connectivity index (χ4n) is 2.51. The number of hydrogen-bond donors (Lipinski definition) is 1. The first-order valence-electron chi connectivity index (χ1n) is 6.71. The molecule has 0 bridgehead atoms. The van der Waals surface area contributed by atoms with E-state index < -0.39 is 10.8 Å². The predicted molar refractivity (Wildman–Crippen MR) is 72.1 cm³/mol. The lowest BCUT2D eigenvalue weighted by Gasteiger charge is -2.31. The molecule has 0 spiro atoms. The van der Waals surface area contributed by atoms with Gasteiger partial charge in [-0.2, -0.15) is 0 Å². The minimum absolute atomic E-state index is 0.608. The Morgan fingerprint density at radius 3 is 2.38 bits per heavy atom. The van der Waals surface area contributed by atoms with Crippen molar-refractivity contribution in [2.45, 2.75) is 52.5 Å². The van der Waals surface area contributed by atoms with E-state index >= 15 is 0 Å². The van der Waals surface area contributed by atoms with Crippen LogP contribution in [0.2, 0.25) is 0 Å². The molecule has 0 saturated heterocycles. The van der Waals surface area contributed by atoms with Crippen molar-refractivity contribution in [3.63, 3.8) is 0 Å². The second kappa shape index (κ2) is 7.44. The molecule has 0 amide bonds. The summed E-state index contributed by atoms with van der Waals surface area (Å²) in [5.74, 6) is 3.39. The lowest BCUT2D eigenvalue weighted by Crippen LogP contribution is -2.36. The molecule has 0 aromatic carbocycles. The van der Waals surface area contributed by atoms with Gasteiger partial charge in [0.2, 0.25) is 0 Å². The van der Waals surface area contributed by atoms with Gasteiger partial charge < -0.3 is 5.32 Å². The van der Waals surface area contributed by atoms with Crippen LogP contribution in [0.15, 0.2) is 0 Å². The van der Waals surface area contributed by atoms with Crippen LogP contribution in [-0.4, -0.2) is 28.3 Å². The highest BCUT2D eigenvalue weighted by Crippen LogP contribution is 2.29. The zero-order valence-electron chi connectivity index (χ0n) is 11.0. The van der Waals surface area contributed by atoms with E-state index in [1.165, 1.54) is 25.7 Å². The maximum atomic E-state index is 11.3. The molecule has 0 aromatic rings. The predicted octanol–water partition coefficient (Wildman–Crippen LogP) is 2.56. The van der Waals surface area contributed by atoms with Gasteiger partial charge in [0.25, 0.3) is 0 Å². The van der Waals surface area contributed by atoms with Crippen LogP contribution >= 0.6 is 0 Å². The van der Waals surface area contributed by atoms with E-state index in [0.29, 0.717) is 6.04 Å². The first kappa shape index (κ1) is 14.2. The fraction of sp³-hybridized carbons (Fsp3) is 1.00. The summed E-state index contributed by atoms with van der Waals surface area (Å²) in [5, 5.41) is 3.55. The topological polar surface area (TPSA) is 29.1 Å². The first-order chi connectivity index (χ1) is 7.63. The van der Waals surface area contributed by atoms with E-state index in [0.717, 1.165) is 29.9 Å². The van der Waals surface area contributed by atoms with Gasteiger partial charge in [-0.1, -0.05) is 20.8 Å². The van der Waals surface area contributed by atoms with Crippen LogP contribution in [0.4, 0.5) is 0 Å². The Labute approximate surface area is 103 Å². The van der Waals surface area contributed by atoms with E-state index in [1.54, 1.807) is 0 Å². The molecule has 0 radical (unpaired) electrons. The molecule has 1 saturated carbocycles. The summed E-state index contributed by atoms with van der Waals surface area (Å²) in [6.45, 7) is 7.59. The van der Waals surface area contributed by atoms with E-state index in [2.05, 4.69) is 19.2 Å². The van der Waals surface area contributed by atoms with Gasteiger partial charge in [-0.3, -0.25) is 4.21 Å². The molecule has 1 rings (SSSR count). The lowest BCUT2D eigenvalue weighted by atomic mass is 9.80. The highest BCUT2D eigenvalue weighted by Gasteiger charge is 2.22. The van der Waals surface area contributed by atoms with Crippen LogP contribution in [0, 0.1) is 11.8 Å². The monoisotopic (exact) mass is 245 g/mol. The van der Waals surface area contributed by atoms with Crippen molar-refractivity contribution in [1.82, 2.24) is 5.32 Å². The highest BCUT2D eigenvalue weighted by molar-refractivity contribution is 7.84. The van der Waals surface area contributed by atoms with Crippen LogP contribution in [0.3, 0.4) is 0 Å². The summed E-state index contributed by atoms with van der Waals surface area (Å²) < 4.78 is 11.3. The van der Waals surface area contributed by atoms with Crippen LogP contribution in [-0.2, 0) is 10.8 Å². The van der Waals surface area contributed by atoms with E-state index in [4.69, 9.17) is 0 Å². The summed E-state index contributed by atoms with van der Waals surface area (Å²) >= 11 is 0. The average molecular weight is 245 g/mol. The largest absolute Gasteiger partial charge is 0.313 e. The van der Waals surface area contributed by atoms with Gasteiger partial charge >= 0.3 is 0 Å². The summed E-state index contributed by atoms with van der Waals surface area (Å²) in [5.41, 5.74) is 0. The molecule has 3 heteroatoms. The van der Waals surface area contributed by atoms with Crippen molar-refractivity contribution in [3.05, 3.63) is 0 Å². The zero-order valence-corrected chi connectivity index (χ0v) is 11.8. The molecule has 0 heterocycles. The second-order valence-electron chi connectivity index (χ2n) is 5.24. The molecule has 1 unspecified atom stereocenters. The van der Waals surface area contributed by atoms with Crippen molar-refractivity contribution in [1.29, 1.82) is 0 Å². The van der Waals surface area contributed by atoms with Crippen molar-refractivity contribution in [2.24, 2.45) is 11.8 Å². The highest BCUT2D eigenvalue weighted by atomic mass is 32.2. The van der Waals surface area contributed by atoms with Crippen LogP contribution in [0.5, 0.6) is 0 Å². The third-order valence-corrected chi connectivity index (χ3v) is 5.10. The van der Waals surface area contributed by atoms with Gasteiger partial charge in [0.05, 0.1) is 0 Å². The van der Waals surface area contributed by atoms with Gasteiger partial charge in [-0.25, -0.2) is 0 Å². The summed E-state index contributed by atoms with van der Waals surface area (Å²) in [4.78, 5) is 0. The molecule has 96 valence electrons.